The highest BCUT2D eigenvalue weighted by Crippen LogP contribution is 2.25. The lowest BCUT2D eigenvalue weighted by atomic mass is 10.0. The van der Waals surface area contributed by atoms with E-state index in [-0.39, 0.29) is 41.2 Å². The number of hydrogen-bond acceptors (Lipinski definition) is 6. The van der Waals surface area contributed by atoms with Crippen LogP contribution in [0, 0.1) is 16.6 Å². The molecule has 1 atom stereocenters. The van der Waals surface area contributed by atoms with Gasteiger partial charge in [0.1, 0.15) is 17.4 Å². The van der Waals surface area contributed by atoms with Gasteiger partial charge in [-0.05, 0) is 24.1 Å². The summed E-state index contributed by atoms with van der Waals surface area (Å²) in [6.45, 7) is 3.39. The molecule has 0 saturated carbocycles. The summed E-state index contributed by atoms with van der Waals surface area (Å²) >= 11 is 0. The molecule has 0 bridgehead atoms. The third-order valence-corrected chi connectivity index (χ3v) is 5.74. The van der Waals surface area contributed by atoms with Crippen LogP contribution in [0.25, 0.3) is 5.57 Å². The molecular weight excluding hydrogens is 449 g/mol. The fraction of sp³-hybridized carbons (Fsp3) is 0.435. The first kappa shape index (κ1) is 25.3. The zero-order chi connectivity index (χ0) is 24.8. The SMILES string of the molecule is CN/C=C(\C(=N)C(F)F)c1ccc(NC(=N)C2=C(N[C@H]3CCOC3)CCN(C(C)=O)C2)c(F)c1. The quantitative estimate of drug-likeness (QED) is 0.291. The molecule has 2 heterocycles. The summed E-state index contributed by atoms with van der Waals surface area (Å²) < 4.78 is 46.4. The van der Waals surface area contributed by atoms with Crippen LogP contribution in [0.3, 0.4) is 0 Å². The predicted octanol–water partition coefficient (Wildman–Crippen LogP) is 2.94. The Morgan fingerprint density at radius 1 is 1.32 bits per heavy atom. The molecule has 34 heavy (non-hydrogen) atoms. The number of ether oxygens (including phenoxy) is 1. The topological polar surface area (TPSA) is 113 Å². The fourth-order valence-corrected chi connectivity index (χ4v) is 3.89. The number of benzene rings is 1. The number of rotatable bonds is 8. The Hall–Kier alpha value is -3.34. The average molecular weight is 479 g/mol. The Morgan fingerprint density at radius 3 is 2.68 bits per heavy atom. The van der Waals surface area contributed by atoms with Crippen LogP contribution in [-0.4, -0.2) is 68.2 Å². The first-order valence-corrected chi connectivity index (χ1v) is 10.9. The fourth-order valence-electron chi connectivity index (χ4n) is 3.89. The van der Waals surface area contributed by atoms with E-state index < -0.39 is 18.0 Å². The summed E-state index contributed by atoms with van der Waals surface area (Å²) in [7, 11) is 1.50. The van der Waals surface area contributed by atoms with E-state index in [9.17, 15) is 18.0 Å². The highest BCUT2D eigenvalue weighted by atomic mass is 19.3. The molecule has 11 heteroatoms. The molecule has 184 valence electrons. The largest absolute Gasteiger partial charge is 0.393 e. The molecule has 2 aliphatic rings. The minimum atomic E-state index is -3.01. The Kier molecular flexibility index (Phi) is 8.32. The van der Waals surface area contributed by atoms with Gasteiger partial charge >= 0.3 is 0 Å². The van der Waals surface area contributed by atoms with Crippen molar-refractivity contribution in [3.8, 4) is 0 Å². The van der Waals surface area contributed by atoms with Crippen LogP contribution in [0.1, 0.15) is 25.3 Å². The second-order valence-electron chi connectivity index (χ2n) is 8.11. The molecule has 8 nitrogen and oxygen atoms in total. The van der Waals surface area contributed by atoms with Gasteiger partial charge in [-0.15, -0.1) is 0 Å². The van der Waals surface area contributed by atoms with Crippen LogP contribution in [0.2, 0.25) is 0 Å². The molecule has 0 radical (unpaired) electrons. The summed E-state index contributed by atoms with van der Waals surface area (Å²) in [5.74, 6) is -0.940. The van der Waals surface area contributed by atoms with E-state index in [0.29, 0.717) is 31.8 Å². The van der Waals surface area contributed by atoms with Crippen LogP contribution in [0.5, 0.6) is 0 Å². The molecule has 1 saturated heterocycles. The second-order valence-corrected chi connectivity index (χ2v) is 8.11. The van der Waals surface area contributed by atoms with Crippen molar-refractivity contribution >= 4 is 28.7 Å². The number of halogens is 3. The third kappa shape index (κ3) is 5.96. The van der Waals surface area contributed by atoms with E-state index in [0.717, 1.165) is 18.2 Å². The number of alkyl halides is 2. The number of hydrogen-bond donors (Lipinski definition) is 5. The van der Waals surface area contributed by atoms with Gasteiger partial charge in [0.05, 0.1) is 24.9 Å². The highest BCUT2D eigenvalue weighted by Gasteiger charge is 2.27. The van der Waals surface area contributed by atoms with Crippen molar-refractivity contribution < 1.29 is 22.7 Å². The number of nitrogens with one attached hydrogen (secondary N) is 5. The van der Waals surface area contributed by atoms with Gasteiger partial charge < -0.3 is 25.6 Å². The van der Waals surface area contributed by atoms with Gasteiger partial charge in [-0.25, -0.2) is 13.2 Å². The van der Waals surface area contributed by atoms with E-state index in [2.05, 4.69) is 16.0 Å². The van der Waals surface area contributed by atoms with Gasteiger partial charge in [0.15, 0.2) is 0 Å². The summed E-state index contributed by atoms with van der Waals surface area (Å²) in [4.78, 5) is 13.5. The number of anilines is 1. The first-order chi connectivity index (χ1) is 16.2. The number of nitrogens with zero attached hydrogens (tertiary/aromatic N) is 1. The molecule has 3 rings (SSSR count). The molecule has 1 aromatic rings. The highest BCUT2D eigenvalue weighted by molar-refractivity contribution is 6.23. The van der Waals surface area contributed by atoms with Crippen LogP contribution in [0.15, 0.2) is 35.7 Å². The lowest BCUT2D eigenvalue weighted by Gasteiger charge is -2.32. The molecule has 1 amide bonds. The van der Waals surface area contributed by atoms with Crippen molar-refractivity contribution in [3.63, 3.8) is 0 Å². The van der Waals surface area contributed by atoms with Crippen LogP contribution >= 0.6 is 0 Å². The van der Waals surface area contributed by atoms with E-state index in [4.69, 9.17) is 15.6 Å². The van der Waals surface area contributed by atoms with Crippen molar-refractivity contribution in [2.75, 3.05) is 38.7 Å². The molecule has 0 spiro atoms. The molecule has 0 unspecified atom stereocenters. The Morgan fingerprint density at radius 2 is 2.09 bits per heavy atom. The van der Waals surface area contributed by atoms with Gasteiger partial charge in [-0.3, -0.25) is 15.6 Å². The summed E-state index contributed by atoms with van der Waals surface area (Å²) in [5.41, 5.74) is 0.398. The maximum atomic E-state index is 14.9. The molecule has 0 aromatic heterocycles. The normalized spacial score (nSPS) is 18.8. The van der Waals surface area contributed by atoms with E-state index >= 15 is 0 Å². The maximum absolute atomic E-state index is 14.9. The zero-order valence-electron chi connectivity index (χ0n) is 19.1. The van der Waals surface area contributed by atoms with Crippen molar-refractivity contribution in [2.45, 2.75) is 32.2 Å². The Balaban J connectivity index is 1.84. The lowest BCUT2D eigenvalue weighted by Crippen LogP contribution is -2.42. The van der Waals surface area contributed by atoms with Crippen molar-refractivity contribution in [1.82, 2.24) is 15.5 Å². The van der Waals surface area contributed by atoms with Crippen molar-refractivity contribution in [1.29, 1.82) is 10.8 Å². The molecule has 1 fully saturated rings. The molecule has 5 N–H and O–H groups in total. The third-order valence-electron chi connectivity index (χ3n) is 5.74. The maximum Gasteiger partial charge on any atom is 0.280 e. The monoisotopic (exact) mass is 478 g/mol. The zero-order valence-corrected chi connectivity index (χ0v) is 19.1. The van der Waals surface area contributed by atoms with Gasteiger partial charge in [0.25, 0.3) is 6.43 Å². The number of amides is 1. The van der Waals surface area contributed by atoms with Gasteiger partial charge in [-0.2, -0.15) is 0 Å². The van der Waals surface area contributed by atoms with Crippen LogP contribution in [0.4, 0.5) is 18.9 Å². The van der Waals surface area contributed by atoms with E-state index in [1.54, 1.807) is 4.90 Å². The number of carbonyl (C=O) groups excluding carboxylic acids is 1. The summed E-state index contributed by atoms with van der Waals surface area (Å²) in [5, 5.41) is 24.9. The van der Waals surface area contributed by atoms with Crippen LogP contribution < -0.4 is 16.0 Å². The smallest absolute Gasteiger partial charge is 0.280 e. The minimum Gasteiger partial charge on any atom is -0.393 e. The van der Waals surface area contributed by atoms with Crippen LogP contribution in [-0.2, 0) is 9.53 Å². The number of carbonyl (C=O) groups is 1. The molecule has 0 aliphatic carbocycles. The van der Waals surface area contributed by atoms with Crippen molar-refractivity contribution in [2.24, 2.45) is 0 Å². The summed E-state index contributed by atoms with van der Waals surface area (Å²) in [6.07, 6.45) is -0.427. The standard InChI is InChI=1S/C23H29F3N6O2/c1-13(33)32-7-5-19(30-15-6-8-34-12-15)17(11-32)23(28)31-20-4-3-14(9-18(20)24)16(10-29-2)21(27)22(25)26/h3-4,9-10,15,22,27,29-30H,5-8,11-12H2,1-2H3,(H2,28,31)/b16-10-,27-21?/t15-/m0/s1. The van der Waals surface area contributed by atoms with E-state index in [1.807, 2.05) is 0 Å². The van der Waals surface area contributed by atoms with Crippen molar-refractivity contribution in [3.05, 3.63) is 47.0 Å². The molecular formula is C23H29F3N6O2. The number of amidine groups is 1. The average Bonchev–Trinajstić information content (AvgIpc) is 3.31. The van der Waals surface area contributed by atoms with Gasteiger partial charge in [-0.1, -0.05) is 6.07 Å². The molecule has 2 aliphatic heterocycles. The Bertz CT molecular complexity index is 1020. The second kappa shape index (κ2) is 11.2. The minimum absolute atomic E-state index is 0.0165. The Labute approximate surface area is 196 Å². The summed E-state index contributed by atoms with van der Waals surface area (Å²) in [6, 6.07) is 3.90. The van der Waals surface area contributed by atoms with Gasteiger partial charge in [0.2, 0.25) is 5.91 Å². The van der Waals surface area contributed by atoms with E-state index in [1.165, 1.54) is 32.3 Å². The first-order valence-electron chi connectivity index (χ1n) is 10.9. The number of allylic oxidation sites excluding steroid dienone is 1. The van der Waals surface area contributed by atoms with Gasteiger partial charge in [0, 0.05) is 56.6 Å². The lowest BCUT2D eigenvalue weighted by molar-refractivity contribution is -0.128. The predicted molar refractivity (Wildman–Crippen MR) is 125 cm³/mol. The molecule has 1 aromatic carbocycles.